The molecule has 138 valence electrons. The number of likely N-dealkylation sites (N-methyl/N-ethyl adjacent to an activating group) is 1. The Labute approximate surface area is 161 Å². The van der Waals surface area contributed by atoms with Crippen molar-refractivity contribution in [3.05, 3.63) is 65.7 Å². The average Bonchev–Trinajstić information content (AvgIpc) is 3.17. The molecule has 0 spiro atoms. The van der Waals surface area contributed by atoms with Crippen molar-refractivity contribution in [3.8, 4) is 0 Å². The highest BCUT2D eigenvalue weighted by molar-refractivity contribution is 7.98. The molecule has 1 saturated carbocycles. The molecule has 0 aromatic heterocycles. The Kier molecular flexibility index (Phi) is 6.05. The van der Waals surface area contributed by atoms with Crippen molar-refractivity contribution in [2.45, 2.75) is 42.2 Å². The molecule has 2 aromatic carbocycles. The summed E-state index contributed by atoms with van der Waals surface area (Å²) in [6.07, 6.45) is 6.63. The van der Waals surface area contributed by atoms with Crippen molar-refractivity contribution in [1.82, 2.24) is 10.2 Å². The van der Waals surface area contributed by atoms with Crippen molar-refractivity contribution >= 4 is 17.7 Å². The van der Waals surface area contributed by atoms with E-state index in [2.05, 4.69) is 48.6 Å². The minimum atomic E-state index is -0.0364. The third-order valence-electron chi connectivity index (χ3n) is 5.66. The van der Waals surface area contributed by atoms with Gasteiger partial charge in [0.1, 0.15) is 0 Å². The highest BCUT2D eigenvalue weighted by atomic mass is 32.2. The molecule has 3 rings (SSSR count). The first kappa shape index (κ1) is 19.0. The number of benzene rings is 2. The van der Waals surface area contributed by atoms with Gasteiger partial charge in [0, 0.05) is 10.4 Å². The molecule has 4 heteroatoms. The van der Waals surface area contributed by atoms with Crippen LogP contribution in [0, 0.1) is 0 Å². The fourth-order valence-electron chi connectivity index (χ4n) is 4.20. The Morgan fingerprint density at radius 3 is 2.27 bits per heavy atom. The van der Waals surface area contributed by atoms with Gasteiger partial charge in [-0.05, 0) is 50.9 Å². The first-order valence-corrected chi connectivity index (χ1v) is 10.5. The van der Waals surface area contributed by atoms with Crippen LogP contribution in [0.1, 0.15) is 47.6 Å². The van der Waals surface area contributed by atoms with E-state index in [1.165, 1.54) is 18.4 Å². The summed E-state index contributed by atoms with van der Waals surface area (Å²) in [4.78, 5) is 16.5. The Morgan fingerprint density at radius 1 is 1.04 bits per heavy atom. The van der Waals surface area contributed by atoms with Crippen LogP contribution in [-0.4, -0.2) is 36.7 Å². The van der Waals surface area contributed by atoms with Gasteiger partial charge in [-0.2, -0.15) is 0 Å². The summed E-state index contributed by atoms with van der Waals surface area (Å²) < 4.78 is 0. The van der Waals surface area contributed by atoms with E-state index in [1.807, 2.05) is 36.6 Å². The van der Waals surface area contributed by atoms with E-state index in [1.54, 1.807) is 11.8 Å². The van der Waals surface area contributed by atoms with Crippen molar-refractivity contribution < 1.29 is 4.79 Å². The monoisotopic (exact) mass is 368 g/mol. The van der Waals surface area contributed by atoms with Crippen LogP contribution in [0.5, 0.6) is 0 Å². The molecule has 1 fully saturated rings. The molecule has 2 aromatic rings. The summed E-state index contributed by atoms with van der Waals surface area (Å²) in [7, 11) is 4.28. The molecule has 0 heterocycles. The van der Waals surface area contributed by atoms with Gasteiger partial charge in [0.25, 0.3) is 5.91 Å². The Hall–Kier alpha value is -1.78. The van der Waals surface area contributed by atoms with Gasteiger partial charge in [-0.3, -0.25) is 4.79 Å². The highest BCUT2D eigenvalue weighted by Crippen LogP contribution is 2.43. The molecule has 3 nitrogen and oxygen atoms in total. The fourth-order valence-corrected chi connectivity index (χ4v) is 4.79. The van der Waals surface area contributed by atoms with Gasteiger partial charge in [-0.1, -0.05) is 55.3 Å². The third-order valence-corrected chi connectivity index (χ3v) is 6.45. The van der Waals surface area contributed by atoms with Gasteiger partial charge in [0.2, 0.25) is 0 Å². The van der Waals surface area contributed by atoms with Gasteiger partial charge in [-0.15, -0.1) is 11.8 Å². The van der Waals surface area contributed by atoms with E-state index in [4.69, 9.17) is 0 Å². The van der Waals surface area contributed by atoms with E-state index in [9.17, 15) is 4.79 Å². The zero-order valence-electron chi connectivity index (χ0n) is 15.9. The molecule has 1 atom stereocenters. The summed E-state index contributed by atoms with van der Waals surface area (Å²) >= 11 is 1.61. The van der Waals surface area contributed by atoms with Crippen LogP contribution >= 0.6 is 11.8 Å². The largest absolute Gasteiger partial charge is 0.343 e. The zero-order valence-corrected chi connectivity index (χ0v) is 16.7. The number of hydrogen-bond donors (Lipinski definition) is 1. The Bertz CT molecular complexity index is 739. The lowest BCUT2D eigenvalue weighted by atomic mass is 9.82. The molecule has 1 N–H and O–H groups in total. The topological polar surface area (TPSA) is 32.3 Å². The highest BCUT2D eigenvalue weighted by Gasteiger charge is 2.44. The molecule has 26 heavy (non-hydrogen) atoms. The minimum absolute atomic E-state index is 0.0110. The standard InChI is InChI=1S/C22H28N2OS/c1-24(2)22(15-9-10-16-22)20(17-11-5-4-6-12-17)23-21(25)18-13-7-8-14-19(18)26-3/h4-8,11-14,20H,9-10,15-16H2,1-3H3,(H,23,25). The number of carbonyl (C=O) groups excluding carboxylic acids is 1. The van der Waals surface area contributed by atoms with Crippen molar-refractivity contribution in [3.63, 3.8) is 0 Å². The van der Waals surface area contributed by atoms with E-state index in [0.29, 0.717) is 0 Å². The summed E-state index contributed by atoms with van der Waals surface area (Å²) in [5.41, 5.74) is 1.90. The quantitative estimate of drug-likeness (QED) is 0.747. The van der Waals surface area contributed by atoms with Crippen LogP contribution in [0.15, 0.2) is 59.5 Å². The maximum absolute atomic E-state index is 13.2. The van der Waals surface area contributed by atoms with Crippen LogP contribution in [0.2, 0.25) is 0 Å². The van der Waals surface area contributed by atoms with E-state index >= 15 is 0 Å². The summed E-state index contributed by atoms with van der Waals surface area (Å²) in [5, 5.41) is 3.39. The molecule has 1 amide bonds. The van der Waals surface area contributed by atoms with Crippen LogP contribution < -0.4 is 5.32 Å². The first-order valence-electron chi connectivity index (χ1n) is 9.25. The third kappa shape index (κ3) is 3.67. The van der Waals surface area contributed by atoms with Crippen LogP contribution in [-0.2, 0) is 0 Å². The molecule has 1 aliphatic carbocycles. The van der Waals surface area contributed by atoms with E-state index in [0.717, 1.165) is 23.3 Å². The molecule has 0 aliphatic heterocycles. The van der Waals surface area contributed by atoms with Gasteiger partial charge >= 0.3 is 0 Å². The van der Waals surface area contributed by atoms with E-state index in [-0.39, 0.29) is 17.5 Å². The number of nitrogens with zero attached hydrogens (tertiary/aromatic N) is 1. The van der Waals surface area contributed by atoms with Gasteiger partial charge in [0.05, 0.1) is 11.6 Å². The maximum Gasteiger partial charge on any atom is 0.252 e. The van der Waals surface area contributed by atoms with Crippen molar-refractivity contribution in [2.75, 3.05) is 20.4 Å². The molecule has 1 aliphatic rings. The second-order valence-electron chi connectivity index (χ2n) is 7.22. The van der Waals surface area contributed by atoms with Crippen molar-refractivity contribution in [1.29, 1.82) is 0 Å². The molecule has 1 unspecified atom stereocenters. The maximum atomic E-state index is 13.2. The number of hydrogen-bond acceptors (Lipinski definition) is 3. The number of rotatable bonds is 6. The average molecular weight is 369 g/mol. The molecular weight excluding hydrogens is 340 g/mol. The Morgan fingerprint density at radius 2 is 1.65 bits per heavy atom. The number of nitrogens with one attached hydrogen (secondary N) is 1. The second kappa shape index (κ2) is 8.28. The lowest BCUT2D eigenvalue weighted by Gasteiger charge is -2.44. The summed E-state index contributed by atoms with van der Waals surface area (Å²) in [6, 6.07) is 18.2. The van der Waals surface area contributed by atoms with Gasteiger partial charge < -0.3 is 10.2 Å². The molecule has 0 saturated heterocycles. The summed E-state index contributed by atoms with van der Waals surface area (Å²) in [5.74, 6) is 0.0110. The molecule has 0 bridgehead atoms. The van der Waals surface area contributed by atoms with Crippen molar-refractivity contribution in [2.24, 2.45) is 0 Å². The number of carbonyl (C=O) groups is 1. The predicted octanol–water partition coefficient (Wildman–Crippen LogP) is 4.75. The molecule has 0 radical (unpaired) electrons. The number of amides is 1. The van der Waals surface area contributed by atoms with Crippen LogP contribution in [0.3, 0.4) is 0 Å². The van der Waals surface area contributed by atoms with Crippen LogP contribution in [0.4, 0.5) is 0 Å². The minimum Gasteiger partial charge on any atom is -0.343 e. The Balaban J connectivity index is 1.98. The first-order chi connectivity index (χ1) is 12.6. The second-order valence-corrected chi connectivity index (χ2v) is 8.07. The normalized spacial score (nSPS) is 17.2. The summed E-state index contributed by atoms with van der Waals surface area (Å²) in [6.45, 7) is 0. The predicted molar refractivity (Wildman–Crippen MR) is 110 cm³/mol. The molecular formula is C22H28N2OS. The lowest BCUT2D eigenvalue weighted by molar-refractivity contribution is 0.0764. The smallest absolute Gasteiger partial charge is 0.252 e. The van der Waals surface area contributed by atoms with Crippen LogP contribution in [0.25, 0.3) is 0 Å². The fraction of sp³-hybridized carbons (Fsp3) is 0.409. The SMILES string of the molecule is CSc1ccccc1C(=O)NC(c1ccccc1)C1(N(C)C)CCCC1. The van der Waals surface area contributed by atoms with Gasteiger partial charge in [0.15, 0.2) is 0 Å². The van der Waals surface area contributed by atoms with E-state index < -0.39 is 0 Å². The zero-order chi connectivity index (χ0) is 18.6. The number of thioether (sulfide) groups is 1. The lowest BCUT2D eigenvalue weighted by Crippen LogP contribution is -2.53. The van der Waals surface area contributed by atoms with Gasteiger partial charge in [-0.25, -0.2) is 0 Å².